The van der Waals surface area contributed by atoms with Crippen molar-refractivity contribution in [3.05, 3.63) is 95.3 Å². The van der Waals surface area contributed by atoms with Crippen molar-refractivity contribution >= 4 is 74.6 Å². The summed E-state index contributed by atoms with van der Waals surface area (Å²) in [5, 5.41) is 17.8. The SMILES string of the molecule is C=CC(=O)N1CCN(c2nc(NCCC(=O)N(C)CCOc3ccc4c(c3)CN(C3CCC(=O)NC3=O)C4=O)nc3c(F)c(-c4cc(O)cc5ccccc45)c(Cl)cc23)CC1. The van der Waals surface area contributed by atoms with Crippen molar-refractivity contribution in [2.24, 2.45) is 0 Å². The molecule has 1 atom stereocenters. The summed E-state index contributed by atoms with van der Waals surface area (Å²) in [6, 6.07) is 16.3. The number of ether oxygens (including phenoxy) is 1. The Labute approximate surface area is 354 Å². The zero-order chi connectivity index (χ0) is 42.9. The van der Waals surface area contributed by atoms with Crippen LogP contribution in [0.5, 0.6) is 11.5 Å². The number of halogens is 2. The highest BCUT2D eigenvalue weighted by Crippen LogP contribution is 2.42. The lowest BCUT2D eigenvalue weighted by molar-refractivity contribution is -0.137. The molecule has 0 aliphatic carbocycles. The van der Waals surface area contributed by atoms with E-state index in [1.54, 1.807) is 42.3 Å². The standard InChI is InChI=1S/C44H42ClFN8O7/c1-3-36(57)52-14-16-53(17-15-52)41-32-23-33(45)38(31-22-27(55)20-25-6-4-5-7-29(25)31)39(46)40(32)49-44(50-41)47-13-12-37(58)51(2)18-19-61-28-8-9-30-26(21-28)24-54(43(30)60)34-10-11-35(56)48-42(34)59/h3-9,20-23,34,55H,1,10-19,24H2,2H3,(H,47,49,50)(H,48,56,59). The molecule has 0 radical (unpaired) electrons. The number of fused-ring (bicyclic) bond motifs is 3. The van der Waals surface area contributed by atoms with E-state index < -0.39 is 17.8 Å². The summed E-state index contributed by atoms with van der Waals surface area (Å²) in [6.45, 7) is 5.94. The predicted molar refractivity (Wildman–Crippen MR) is 227 cm³/mol. The van der Waals surface area contributed by atoms with Crippen LogP contribution in [0.25, 0.3) is 32.8 Å². The van der Waals surface area contributed by atoms with Gasteiger partial charge >= 0.3 is 0 Å². The molecule has 314 valence electrons. The quantitative estimate of drug-likeness (QED) is 0.115. The highest BCUT2D eigenvalue weighted by atomic mass is 35.5. The molecule has 5 amide bonds. The highest BCUT2D eigenvalue weighted by molar-refractivity contribution is 6.35. The van der Waals surface area contributed by atoms with Gasteiger partial charge < -0.3 is 34.8 Å². The van der Waals surface area contributed by atoms with E-state index in [-0.39, 0.29) is 96.9 Å². The largest absolute Gasteiger partial charge is 0.508 e. The smallest absolute Gasteiger partial charge is 0.255 e. The number of carbonyl (C=O) groups is 5. The molecule has 3 aliphatic heterocycles. The molecule has 1 aromatic heterocycles. The van der Waals surface area contributed by atoms with Crippen LogP contribution in [0.2, 0.25) is 5.02 Å². The summed E-state index contributed by atoms with van der Waals surface area (Å²) in [5.74, 6) is -1.24. The van der Waals surface area contributed by atoms with Crippen LogP contribution in [0.15, 0.2) is 73.3 Å². The van der Waals surface area contributed by atoms with Crippen LogP contribution < -0.4 is 20.3 Å². The van der Waals surface area contributed by atoms with Gasteiger partial charge in [0.2, 0.25) is 29.6 Å². The minimum Gasteiger partial charge on any atom is -0.508 e. The number of amides is 5. The number of phenolic OH excluding ortho intramolecular Hbond substituents is 1. The third kappa shape index (κ3) is 8.22. The maximum Gasteiger partial charge on any atom is 0.255 e. The number of carbonyl (C=O) groups excluding carboxylic acids is 5. The number of rotatable bonds is 12. The van der Waals surface area contributed by atoms with Gasteiger partial charge in [-0.15, -0.1) is 0 Å². The van der Waals surface area contributed by atoms with Crippen LogP contribution in [0.1, 0.15) is 35.2 Å². The number of imide groups is 1. The molecule has 0 spiro atoms. The summed E-state index contributed by atoms with van der Waals surface area (Å²) in [6.07, 6.45) is 1.76. The molecule has 17 heteroatoms. The Morgan fingerprint density at radius 1 is 1.05 bits per heavy atom. The van der Waals surface area contributed by atoms with E-state index >= 15 is 4.39 Å². The van der Waals surface area contributed by atoms with E-state index in [1.807, 2.05) is 29.2 Å². The number of hydrogen-bond acceptors (Lipinski definition) is 11. The van der Waals surface area contributed by atoms with Gasteiger partial charge in [0.15, 0.2) is 5.82 Å². The van der Waals surface area contributed by atoms with Gasteiger partial charge in [0.1, 0.15) is 35.5 Å². The second kappa shape index (κ2) is 17.0. The minimum absolute atomic E-state index is 0.0101. The molecule has 0 bridgehead atoms. The Balaban J connectivity index is 0.949. The number of phenols is 1. The van der Waals surface area contributed by atoms with Crippen LogP contribution in [0.4, 0.5) is 16.2 Å². The van der Waals surface area contributed by atoms with E-state index in [9.17, 15) is 29.1 Å². The number of likely N-dealkylation sites (N-methyl/N-ethyl adjacent to an activating group) is 1. The average molecular weight is 849 g/mol. The fourth-order valence-electron chi connectivity index (χ4n) is 8.05. The van der Waals surface area contributed by atoms with Gasteiger partial charge in [-0.3, -0.25) is 29.3 Å². The van der Waals surface area contributed by atoms with Crippen LogP contribution in [0, 0.1) is 5.82 Å². The van der Waals surface area contributed by atoms with E-state index in [2.05, 4.69) is 22.2 Å². The first kappa shape index (κ1) is 40.9. The fraction of sp³-hybridized carbons (Fsp3) is 0.295. The molecule has 2 fully saturated rings. The Hall–Kier alpha value is -6.81. The monoisotopic (exact) mass is 848 g/mol. The molecule has 1 unspecified atom stereocenters. The summed E-state index contributed by atoms with van der Waals surface area (Å²) in [4.78, 5) is 78.5. The molecule has 0 saturated carbocycles. The number of piperidine rings is 1. The number of aromatic hydroxyl groups is 1. The molecule has 3 aliphatic rings. The van der Waals surface area contributed by atoms with Crippen molar-refractivity contribution in [3.63, 3.8) is 0 Å². The number of piperazine rings is 1. The fourth-order valence-corrected chi connectivity index (χ4v) is 8.35. The third-order valence-electron chi connectivity index (χ3n) is 11.3. The lowest BCUT2D eigenvalue weighted by Crippen LogP contribution is -2.52. The molecule has 3 N–H and O–H groups in total. The van der Waals surface area contributed by atoms with Crippen LogP contribution in [-0.4, -0.2) is 118 Å². The minimum atomic E-state index is -0.715. The van der Waals surface area contributed by atoms with Gasteiger partial charge in [0.05, 0.1) is 11.6 Å². The van der Waals surface area contributed by atoms with E-state index in [4.69, 9.17) is 21.3 Å². The maximum atomic E-state index is 16.9. The average Bonchev–Trinajstić information content (AvgIpc) is 3.57. The first-order valence-electron chi connectivity index (χ1n) is 19.9. The summed E-state index contributed by atoms with van der Waals surface area (Å²) in [5.41, 5.74) is 1.63. The molecule has 4 heterocycles. The molecule has 15 nitrogen and oxygen atoms in total. The van der Waals surface area contributed by atoms with Gasteiger partial charge in [-0.25, -0.2) is 9.37 Å². The Kier molecular flexibility index (Phi) is 11.4. The number of anilines is 2. The Bertz CT molecular complexity index is 2630. The lowest BCUT2D eigenvalue weighted by atomic mass is 9.96. The lowest BCUT2D eigenvalue weighted by Gasteiger charge is -2.35. The molecular formula is C44H42ClFN8O7. The zero-order valence-corrected chi connectivity index (χ0v) is 34.0. The molecular weight excluding hydrogens is 807 g/mol. The molecule has 2 saturated heterocycles. The predicted octanol–water partition coefficient (Wildman–Crippen LogP) is 4.88. The van der Waals surface area contributed by atoms with Gasteiger partial charge in [-0.1, -0.05) is 42.4 Å². The summed E-state index contributed by atoms with van der Waals surface area (Å²) in [7, 11) is 1.65. The van der Waals surface area contributed by atoms with Gasteiger partial charge in [-0.05, 0) is 70.8 Å². The van der Waals surface area contributed by atoms with Gasteiger partial charge in [0.25, 0.3) is 5.91 Å². The summed E-state index contributed by atoms with van der Waals surface area (Å²) < 4.78 is 22.9. The van der Waals surface area contributed by atoms with Crippen molar-refractivity contribution in [3.8, 4) is 22.6 Å². The second-order valence-electron chi connectivity index (χ2n) is 15.1. The zero-order valence-electron chi connectivity index (χ0n) is 33.2. The molecule has 8 rings (SSSR count). The van der Waals surface area contributed by atoms with E-state index in [1.165, 1.54) is 21.9 Å². The number of nitrogens with one attached hydrogen (secondary N) is 2. The second-order valence-corrected chi connectivity index (χ2v) is 15.5. The first-order chi connectivity index (χ1) is 29.4. The Morgan fingerprint density at radius 2 is 1.84 bits per heavy atom. The molecule has 5 aromatic rings. The van der Waals surface area contributed by atoms with Gasteiger partial charge in [0, 0.05) is 75.7 Å². The number of aromatic nitrogens is 2. The maximum absolute atomic E-state index is 16.9. The first-order valence-corrected chi connectivity index (χ1v) is 20.2. The molecule has 4 aromatic carbocycles. The number of nitrogens with zero attached hydrogens (tertiary/aromatic N) is 6. The number of hydrogen-bond donors (Lipinski definition) is 3. The third-order valence-corrected chi connectivity index (χ3v) is 11.6. The van der Waals surface area contributed by atoms with Crippen molar-refractivity contribution in [1.82, 2.24) is 30.0 Å². The highest BCUT2D eigenvalue weighted by Gasteiger charge is 2.39. The molecule has 61 heavy (non-hydrogen) atoms. The van der Waals surface area contributed by atoms with Crippen molar-refractivity contribution < 1.29 is 38.2 Å². The Morgan fingerprint density at radius 3 is 2.61 bits per heavy atom. The van der Waals surface area contributed by atoms with Gasteiger partial charge in [-0.2, -0.15) is 4.98 Å². The van der Waals surface area contributed by atoms with E-state index in [0.717, 1.165) is 0 Å². The van der Waals surface area contributed by atoms with Crippen molar-refractivity contribution in [2.75, 3.05) is 63.1 Å². The van der Waals surface area contributed by atoms with Crippen LogP contribution in [-0.2, 0) is 25.7 Å². The normalized spacial score (nSPS) is 16.5. The van der Waals surface area contributed by atoms with Crippen LogP contribution in [0.3, 0.4) is 0 Å². The topological polar surface area (TPSA) is 178 Å². The number of benzene rings is 4. The summed E-state index contributed by atoms with van der Waals surface area (Å²) >= 11 is 6.86. The van der Waals surface area contributed by atoms with Crippen LogP contribution >= 0.6 is 11.6 Å². The van der Waals surface area contributed by atoms with Crippen molar-refractivity contribution in [2.45, 2.75) is 31.8 Å². The van der Waals surface area contributed by atoms with E-state index in [0.29, 0.717) is 70.6 Å². The van der Waals surface area contributed by atoms with Crippen molar-refractivity contribution in [1.29, 1.82) is 0 Å².